The minimum Gasteiger partial charge on any atom is -0.493 e. The highest BCUT2D eigenvalue weighted by molar-refractivity contribution is 8.01. The van der Waals surface area contributed by atoms with E-state index in [0.717, 1.165) is 33.1 Å². The number of rotatable bonds is 8. The number of hydrogen-bond donors (Lipinski definition) is 1. The number of anilines is 2. The van der Waals surface area contributed by atoms with Gasteiger partial charge in [-0.25, -0.2) is 0 Å². The Hall–Kier alpha value is -1.76. The molecule has 1 aromatic heterocycles. The molecule has 1 N–H and O–H groups in total. The summed E-state index contributed by atoms with van der Waals surface area (Å²) in [5, 5.41) is 13.2. The molecule has 3 rings (SSSR count). The Morgan fingerprint density at radius 1 is 1.08 bits per heavy atom. The van der Waals surface area contributed by atoms with Crippen molar-refractivity contribution in [3.8, 4) is 5.75 Å². The Kier molecular flexibility index (Phi) is 6.55. The van der Waals surface area contributed by atoms with E-state index in [1.165, 1.54) is 5.56 Å². The molecule has 0 spiro atoms. The molecule has 0 aliphatic heterocycles. The van der Waals surface area contributed by atoms with Gasteiger partial charge in [-0.05, 0) is 48.4 Å². The van der Waals surface area contributed by atoms with E-state index in [9.17, 15) is 0 Å². The van der Waals surface area contributed by atoms with Gasteiger partial charge in [0.2, 0.25) is 5.13 Å². The molecule has 0 radical (unpaired) electrons. The smallest absolute Gasteiger partial charge is 0.210 e. The van der Waals surface area contributed by atoms with Gasteiger partial charge in [-0.3, -0.25) is 0 Å². The second-order valence-corrected chi connectivity index (χ2v) is 7.96. The lowest BCUT2D eigenvalue weighted by Crippen LogP contribution is -1.99. The molecule has 0 fully saturated rings. The van der Waals surface area contributed by atoms with Gasteiger partial charge in [-0.15, -0.1) is 10.2 Å². The van der Waals surface area contributed by atoms with E-state index < -0.39 is 0 Å². The molecule has 0 saturated heterocycles. The summed E-state index contributed by atoms with van der Waals surface area (Å²) in [6.07, 6.45) is 1.04. The van der Waals surface area contributed by atoms with Crippen LogP contribution in [0.5, 0.6) is 5.75 Å². The minimum atomic E-state index is 0.604. The van der Waals surface area contributed by atoms with Crippen molar-refractivity contribution in [2.24, 2.45) is 0 Å². The molecular formula is C18H18ClN3OS2. The van der Waals surface area contributed by atoms with Crippen LogP contribution in [-0.4, -0.2) is 22.6 Å². The van der Waals surface area contributed by atoms with E-state index in [-0.39, 0.29) is 0 Å². The highest BCUT2D eigenvalue weighted by Gasteiger charge is 2.05. The highest BCUT2D eigenvalue weighted by atomic mass is 35.5. The molecule has 3 aromatic rings. The SMILES string of the molecule is CCc1ccc(Nc2nnc(SCCOc3ccc(Cl)cc3)s2)cc1. The largest absolute Gasteiger partial charge is 0.493 e. The standard InChI is InChI=1S/C18H18ClN3OS2/c1-2-13-3-7-15(8-4-13)20-17-21-22-18(25-17)24-12-11-23-16-9-5-14(19)6-10-16/h3-10H,2,11-12H2,1H3,(H,20,21). The Balaban J connectivity index is 1.44. The van der Waals surface area contributed by atoms with E-state index in [1.54, 1.807) is 23.1 Å². The molecule has 2 aromatic carbocycles. The predicted molar refractivity (Wildman–Crippen MR) is 107 cm³/mol. The molecule has 130 valence electrons. The fourth-order valence-corrected chi connectivity index (χ4v) is 3.87. The van der Waals surface area contributed by atoms with Crippen LogP contribution >= 0.6 is 34.7 Å². The van der Waals surface area contributed by atoms with Gasteiger partial charge in [0.15, 0.2) is 4.34 Å². The number of aromatic nitrogens is 2. The number of hydrogen-bond acceptors (Lipinski definition) is 6. The van der Waals surface area contributed by atoms with Gasteiger partial charge >= 0.3 is 0 Å². The third-order valence-corrected chi connectivity index (χ3v) is 5.60. The number of thioether (sulfide) groups is 1. The van der Waals surface area contributed by atoms with Crippen LogP contribution in [0.25, 0.3) is 0 Å². The van der Waals surface area contributed by atoms with Gasteiger partial charge in [0.1, 0.15) is 5.75 Å². The van der Waals surface area contributed by atoms with Crippen molar-refractivity contribution in [3.63, 3.8) is 0 Å². The first kappa shape index (κ1) is 18.0. The van der Waals surface area contributed by atoms with Crippen molar-refractivity contribution in [2.45, 2.75) is 17.7 Å². The highest BCUT2D eigenvalue weighted by Crippen LogP contribution is 2.27. The monoisotopic (exact) mass is 391 g/mol. The number of benzene rings is 2. The zero-order valence-electron chi connectivity index (χ0n) is 13.7. The topological polar surface area (TPSA) is 47.0 Å². The van der Waals surface area contributed by atoms with Gasteiger partial charge in [-0.2, -0.15) is 0 Å². The second kappa shape index (κ2) is 9.08. The first-order chi connectivity index (χ1) is 12.2. The summed E-state index contributed by atoms with van der Waals surface area (Å²) in [7, 11) is 0. The van der Waals surface area contributed by atoms with E-state index in [0.29, 0.717) is 11.6 Å². The summed E-state index contributed by atoms with van der Waals surface area (Å²) < 4.78 is 6.59. The third-order valence-electron chi connectivity index (χ3n) is 3.41. The van der Waals surface area contributed by atoms with Crippen LogP contribution in [0.4, 0.5) is 10.8 Å². The zero-order valence-corrected chi connectivity index (χ0v) is 16.1. The maximum atomic E-state index is 5.85. The normalized spacial score (nSPS) is 10.6. The maximum absolute atomic E-state index is 5.85. The molecule has 0 unspecified atom stereocenters. The molecule has 0 aliphatic carbocycles. The average molecular weight is 392 g/mol. The lowest BCUT2D eigenvalue weighted by molar-refractivity contribution is 0.344. The van der Waals surface area contributed by atoms with Gasteiger partial charge in [0.05, 0.1) is 6.61 Å². The fraction of sp³-hybridized carbons (Fsp3) is 0.222. The second-order valence-electron chi connectivity index (χ2n) is 5.20. The average Bonchev–Trinajstić information content (AvgIpc) is 3.08. The Bertz CT molecular complexity index is 791. The molecule has 0 aliphatic rings. The van der Waals surface area contributed by atoms with Crippen LogP contribution in [0.2, 0.25) is 5.02 Å². The first-order valence-electron chi connectivity index (χ1n) is 7.93. The minimum absolute atomic E-state index is 0.604. The number of aryl methyl sites for hydroxylation is 1. The lowest BCUT2D eigenvalue weighted by Gasteiger charge is -2.04. The van der Waals surface area contributed by atoms with E-state index in [2.05, 4.69) is 46.7 Å². The third kappa shape index (κ3) is 5.63. The van der Waals surface area contributed by atoms with E-state index in [1.807, 2.05) is 24.3 Å². The summed E-state index contributed by atoms with van der Waals surface area (Å²) in [5.41, 5.74) is 2.34. The Morgan fingerprint density at radius 2 is 1.84 bits per heavy atom. The zero-order chi connectivity index (χ0) is 17.5. The van der Waals surface area contributed by atoms with Crippen molar-refractivity contribution in [1.82, 2.24) is 10.2 Å². The predicted octanol–water partition coefficient (Wildman–Crippen LogP) is 5.67. The number of nitrogens with one attached hydrogen (secondary N) is 1. The van der Waals surface area contributed by atoms with Crippen molar-refractivity contribution < 1.29 is 4.74 Å². The fourth-order valence-electron chi connectivity index (χ4n) is 2.09. The van der Waals surface area contributed by atoms with Crippen molar-refractivity contribution in [2.75, 3.05) is 17.7 Å². The van der Waals surface area contributed by atoms with E-state index in [4.69, 9.17) is 16.3 Å². The van der Waals surface area contributed by atoms with Gasteiger partial charge in [-0.1, -0.05) is 53.8 Å². The summed E-state index contributed by atoms with van der Waals surface area (Å²) in [4.78, 5) is 0. The quantitative estimate of drug-likeness (QED) is 0.396. The molecule has 0 atom stereocenters. The van der Waals surface area contributed by atoms with Crippen molar-refractivity contribution in [1.29, 1.82) is 0 Å². The molecule has 0 saturated carbocycles. The van der Waals surface area contributed by atoms with Crippen LogP contribution in [-0.2, 0) is 6.42 Å². The van der Waals surface area contributed by atoms with Gasteiger partial charge < -0.3 is 10.1 Å². The molecule has 1 heterocycles. The van der Waals surface area contributed by atoms with Gasteiger partial charge in [0, 0.05) is 16.5 Å². The van der Waals surface area contributed by atoms with Crippen molar-refractivity contribution >= 4 is 45.5 Å². The summed E-state index contributed by atoms with van der Waals surface area (Å²) >= 11 is 9.03. The molecule has 4 nitrogen and oxygen atoms in total. The molecule has 0 bridgehead atoms. The number of ether oxygens (including phenoxy) is 1. The van der Waals surface area contributed by atoms with Gasteiger partial charge in [0.25, 0.3) is 0 Å². The van der Waals surface area contributed by atoms with Crippen LogP contribution in [0.3, 0.4) is 0 Å². The number of nitrogens with zero attached hydrogens (tertiary/aromatic N) is 2. The summed E-state index contributed by atoms with van der Waals surface area (Å²) in [6, 6.07) is 15.7. The molecule has 25 heavy (non-hydrogen) atoms. The lowest BCUT2D eigenvalue weighted by atomic mass is 10.1. The van der Waals surface area contributed by atoms with Crippen molar-refractivity contribution in [3.05, 3.63) is 59.1 Å². The Morgan fingerprint density at radius 3 is 2.56 bits per heavy atom. The maximum Gasteiger partial charge on any atom is 0.210 e. The van der Waals surface area contributed by atoms with Crippen LogP contribution in [0, 0.1) is 0 Å². The van der Waals surface area contributed by atoms with Crippen LogP contribution in [0.1, 0.15) is 12.5 Å². The Labute approximate surface area is 160 Å². The van der Waals surface area contributed by atoms with E-state index >= 15 is 0 Å². The van der Waals surface area contributed by atoms with Crippen LogP contribution in [0.15, 0.2) is 52.9 Å². The molecule has 7 heteroatoms. The number of halogens is 1. The summed E-state index contributed by atoms with van der Waals surface area (Å²) in [6.45, 7) is 2.75. The summed E-state index contributed by atoms with van der Waals surface area (Å²) in [5.74, 6) is 1.63. The molecular weight excluding hydrogens is 374 g/mol. The molecule has 0 amide bonds. The first-order valence-corrected chi connectivity index (χ1v) is 10.1. The van der Waals surface area contributed by atoms with Crippen LogP contribution < -0.4 is 10.1 Å².